The maximum Gasteiger partial charge on any atom is 0.229 e. The van der Waals surface area contributed by atoms with E-state index in [0.717, 1.165) is 16.6 Å². The molecule has 0 saturated heterocycles. The summed E-state index contributed by atoms with van der Waals surface area (Å²) in [6.45, 7) is 4.91. The minimum Gasteiger partial charge on any atom is -0.361 e. The Labute approximate surface area is 134 Å². The van der Waals surface area contributed by atoms with Crippen molar-refractivity contribution < 1.29 is 9.32 Å². The van der Waals surface area contributed by atoms with E-state index in [1.807, 2.05) is 50.2 Å². The first kappa shape index (κ1) is 15.2. The monoisotopic (exact) mass is 309 g/mol. The van der Waals surface area contributed by atoms with Crippen LogP contribution in [-0.4, -0.2) is 27.5 Å². The molecule has 1 amide bonds. The summed E-state index contributed by atoms with van der Waals surface area (Å²) < 4.78 is 5.01. The van der Waals surface area contributed by atoms with Crippen molar-refractivity contribution in [1.29, 1.82) is 0 Å². The lowest BCUT2D eigenvalue weighted by atomic mass is 10.2. The molecule has 0 saturated carbocycles. The van der Waals surface area contributed by atoms with Crippen LogP contribution in [0.3, 0.4) is 0 Å². The largest absolute Gasteiger partial charge is 0.361 e. The molecule has 0 spiro atoms. The Morgan fingerprint density at radius 1 is 1.17 bits per heavy atom. The number of hydrogen-bond acceptors (Lipinski definition) is 4. The van der Waals surface area contributed by atoms with Gasteiger partial charge >= 0.3 is 0 Å². The molecule has 0 N–H and O–H groups in total. The maximum absolute atomic E-state index is 12.4. The van der Waals surface area contributed by atoms with Gasteiger partial charge in [0.15, 0.2) is 0 Å². The number of likely N-dealkylation sites (N-methyl/N-ethyl adjacent to an activating group) is 1. The average molecular weight is 309 g/mol. The Morgan fingerprint density at radius 3 is 2.74 bits per heavy atom. The molecule has 0 bridgehead atoms. The van der Waals surface area contributed by atoms with Crippen molar-refractivity contribution in [2.75, 3.05) is 6.54 Å². The van der Waals surface area contributed by atoms with Crippen molar-refractivity contribution in [3.8, 4) is 0 Å². The summed E-state index contributed by atoms with van der Waals surface area (Å²) in [5.41, 5.74) is 2.49. The molecule has 0 unspecified atom stereocenters. The summed E-state index contributed by atoms with van der Waals surface area (Å²) in [5.74, 6) is 0.739. The zero-order chi connectivity index (χ0) is 16.2. The first-order chi connectivity index (χ1) is 11.2. The predicted molar refractivity (Wildman–Crippen MR) is 87.8 cm³/mol. The Hall–Kier alpha value is -2.69. The second-order valence-electron chi connectivity index (χ2n) is 5.51. The van der Waals surface area contributed by atoms with Gasteiger partial charge in [-0.05, 0) is 26.0 Å². The van der Waals surface area contributed by atoms with Crippen molar-refractivity contribution in [3.63, 3.8) is 0 Å². The van der Waals surface area contributed by atoms with Crippen LogP contribution >= 0.6 is 0 Å². The Bertz CT molecular complexity index is 826. The molecule has 23 heavy (non-hydrogen) atoms. The fourth-order valence-corrected chi connectivity index (χ4v) is 2.54. The van der Waals surface area contributed by atoms with E-state index in [1.54, 1.807) is 11.0 Å². The smallest absolute Gasteiger partial charge is 0.229 e. The van der Waals surface area contributed by atoms with Crippen LogP contribution in [-0.2, 0) is 17.8 Å². The lowest BCUT2D eigenvalue weighted by Crippen LogP contribution is -2.32. The van der Waals surface area contributed by atoms with E-state index in [1.165, 1.54) is 0 Å². The molecule has 1 aromatic carbocycles. The highest BCUT2D eigenvalue weighted by Crippen LogP contribution is 2.14. The van der Waals surface area contributed by atoms with E-state index in [9.17, 15) is 4.79 Å². The molecule has 3 aromatic rings. The minimum atomic E-state index is 0.0239. The number of aromatic nitrogens is 2. The topological polar surface area (TPSA) is 59.2 Å². The summed E-state index contributed by atoms with van der Waals surface area (Å²) in [7, 11) is 0. The Morgan fingerprint density at radius 2 is 2.00 bits per heavy atom. The van der Waals surface area contributed by atoms with Gasteiger partial charge in [0.05, 0.1) is 29.9 Å². The van der Waals surface area contributed by atoms with Gasteiger partial charge in [0.2, 0.25) is 5.91 Å². The normalized spacial score (nSPS) is 10.9. The number of carbonyl (C=O) groups is 1. The Balaban J connectivity index is 1.73. The molecule has 0 radical (unpaired) electrons. The lowest BCUT2D eigenvalue weighted by molar-refractivity contribution is -0.131. The van der Waals surface area contributed by atoms with Gasteiger partial charge in [-0.3, -0.25) is 9.78 Å². The van der Waals surface area contributed by atoms with Crippen LogP contribution in [0.1, 0.15) is 24.1 Å². The van der Waals surface area contributed by atoms with E-state index in [0.29, 0.717) is 24.5 Å². The van der Waals surface area contributed by atoms with E-state index in [-0.39, 0.29) is 12.3 Å². The van der Waals surface area contributed by atoms with Gasteiger partial charge in [-0.2, -0.15) is 0 Å². The van der Waals surface area contributed by atoms with Gasteiger partial charge in [-0.1, -0.05) is 29.4 Å². The van der Waals surface area contributed by atoms with Gasteiger partial charge in [0.1, 0.15) is 5.76 Å². The molecular weight excluding hydrogens is 290 g/mol. The van der Waals surface area contributed by atoms with Crippen LogP contribution < -0.4 is 0 Å². The quantitative estimate of drug-likeness (QED) is 0.726. The highest BCUT2D eigenvalue weighted by molar-refractivity contribution is 5.79. The molecule has 0 aliphatic heterocycles. The average Bonchev–Trinajstić information content (AvgIpc) is 2.97. The van der Waals surface area contributed by atoms with Crippen LogP contribution in [0.5, 0.6) is 0 Å². The van der Waals surface area contributed by atoms with Gasteiger partial charge in [0.25, 0.3) is 0 Å². The predicted octanol–water partition coefficient (Wildman–Crippen LogP) is 3.12. The maximum atomic E-state index is 12.4. The highest BCUT2D eigenvalue weighted by Gasteiger charge is 2.15. The van der Waals surface area contributed by atoms with Crippen molar-refractivity contribution in [3.05, 3.63) is 59.6 Å². The molecule has 0 aliphatic carbocycles. The van der Waals surface area contributed by atoms with Crippen LogP contribution in [0.2, 0.25) is 0 Å². The summed E-state index contributed by atoms with van der Waals surface area (Å²) in [5, 5.41) is 4.98. The summed E-state index contributed by atoms with van der Waals surface area (Å²) in [4.78, 5) is 18.8. The van der Waals surface area contributed by atoms with Gasteiger partial charge < -0.3 is 9.42 Å². The molecular formula is C18H19N3O2. The third-order valence-corrected chi connectivity index (χ3v) is 3.75. The zero-order valence-corrected chi connectivity index (χ0v) is 13.3. The third-order valence-electron chi connectivity index (χ3n) is 3.75. The first-order valence-corrected chi connectivity index (χ1v) is 7.70. The SMILES string of the molecule is CCN(Cc1ccc2ccccc2n1)C(=O)Cc1cc(C)on1. The molecule has 5 heteroatoms. The standard InChI is InChI=1S/C18H19N3O2/c1-3-21(18(22)11-16-10-13(2)23-20-16)12-15-9-8-14-6-4-5-7-17(14)19-15/h4-10H,3,11-12H2,1-2H3. The lowest BCUT2D eigenvalue weighted by Gasteiger charge is -2.20. The number of hydrogen-bond donors (Lipinski definition) is 0. The van der Waals surface area contributed by atoms with Crippen LogP contribution in [0.25, 0.3) is 10.9 Å². The first-order valence-electron chi connectivity index (χ1n) is 7.70. The summed E-state index contributed by atoms with van der Waals surface area (Å²) in [6, 6.07) is 13.8. The number of amides is 1. The van der Waals surface area contributed by atoms with Crippen molar-refractivity contribution in [2.24, 2.45) is 0 Å². The van der Waals surface area contributed by atoms with Crippen LogP contribution in [0, 0.1) is 6.92 Å². The molecule has 118 valence electrons. The number of carbonyl (C=O) groups excluding carboxylic acids is 1. The van der Waals surface area contributed by atoms with E-state index >= 15 is 0 Å². The highest BCUT2D eigenvalue weighted by atomic mass is 16.5. The molecule has 5 nitrogen and oxygen atoms in total. The molecule has 0 atom stereocenters. The summed E-state index contributed by atoms with van der Waals surface area (Å²) in [6.07, 6.45) is 0.249. The van der Waals surface area contributed by atoms with Crippen LogP contribution in [0.4, 0.5) is 0 Å². The number of aryl methyl sites for hydroxylation is 1. The van der Waals surface area contributed by atoms with Crippen LogP contribution in [0.15, 0.2) is 47.0 Å². The van der Waals surface area contributed by atoms with Gasteiger partial charge in [-0.15, -0.1) is 0 Å². The molecule has 2 heterocycles. The van der Waals surface area contributed by atoms with E-state index in [2.05, 4.69) is 10.1 Å². The number of nitrogens with zero attached hydrogens (tertiary/aromatic N) is 3. The number of pyridine rings is 1. The van der Waals surface area contributed by atoms with Gasteiger partial charge in [0, 0.05) is 18.0 Å². The van der Waals surface area contributed by atoms with Crippen molar-refractivity contribution >= 4 is 16.8 Å². The van der Waals surface area contributed by atoms with Gasteiger partial charge in [-0.25, -0.2) is 0 Å². The molecule has 0 fully saturated rings. The second-order valence-corrected chi connectivity index (χ2v) is 5.51. The Kier molecular flexibility index (Phi) is 4.37. The zero-order valence-electron chi connectivity index (χ0n) is 13.3. The molecule has 2 aromatic heterocycles. The minimum absolute atomic E-state index is 0.0239. The fraction of sp³-hybridized carbons (Fsp3) is 0.278. The molecule has 3 rings (SSSR count). The molecule has 0 aliphatic rings. The summed E-state index contributed by atoms with van der Waals surface area (Å²) >= 11 is 0. The second kappa shape index (κ2) is 6.60. The van der Waals surface area contributed by atoms with E-state index in [4.69, 9.17) is 4.52 Å². The fourth-order valence-electron chi connectivity index (χ4n) is 2.54. The number of fused-ring (bicyclic) bond motifs is 1. The number of rotatable bonds is 5. The van der Waals surface area contributed by atoms with E-state index < -0.39 is 0 Å². The third kappa shape index (κ3) is 3.56. The number of para-hydroxylation sites is 1. The van der Waals surface area contributed by atoms with Crippen molar-refractivity contribution in [2.45, 2.75) is 26.8 Å². The van der Waals surface area contributed by atoms with Crippen molar-refractivity contribution in [1.82, 2.24) is 15.0 Å². The number of benzene rings is 1.